The molecule has 0 aliphatic carbocycles. The second kappa shape index (κ2) is 8.79. The zero-order valence-corrected chi connectivity index (χ0v) is 17.9. The van der Waals surface area contributed by atoms with Crippen LogP contribution >= 0.6 is 0 Å². The number of para-hydroxylation sites is 2. The molecule has 1 unspecified atom stereocenters. The third-order valence-electron chi connectivity index (χ3n) is 5.85. The molecule has 7 heteroatoms. The van der Waals surface area contributed by atoms with Crippen LogP contribution in [0.3, 0.4) is 0 Å². The van der Waals surface area contributed by atoms with Crippen molar-refractivity contribution in [3.05, 3.63) is 59.2 Å². The van der Waals surface area contributed by atoms with Crippen molar-refractivity contribution in [2.24, 2.45) is 0 Å². The summed E-state index contributed by atoms with van der Waals surface area (Å²) in [5, 5.41) is 2.90. The summed E-state index contributed by atoms with van der Waals surface area (Å²) in [5.41, 5.74) is 2.69. The van der Waals surface area contributed by atoms with E-state index in [9.17, 15) is 14.4 Å². The molecular weight excluding hydrogens is 394 g/mol. The number of rotatable bonds is 6. The maximum Gasteiger partial charge on any atom is 0.256 e. The van der Waals surface area contributed by atoms with E-state index in [1.165, 1.54) is 4.90 Å². The van der Waals surface area contributed by atoms with Crippen LogP contribution in [0.15, 0.2) is 42.5 Å². The molecule has 7 nitrogen and oxygen atoms in total. The van der Waals surface area contributed by atoms with Gasteiger partial charge in [-0.2, -0.15) is 0 Å². The van der Waals surface area contributed by atoms with Gasteiger partial charge in [-0.1, -0.05) is 30.3 Å². The lowest BCUT2D eigenvalue weighted by molar-refractivity contribution is -0.125. The van der Waals surface area contributed by atoms with Gasteiger partial charge in [0, 0.05) is 18.7 Å². The second-order valence-corrected chi connectivity index (χ2v) is 7.87. The Kier molecular flexibility index (Phi) is 5.93. The fraction of sp³-hybridized carbons (Fsp3) is 0.375. The molecule has 2 aliphatic rings. The average Bonchev–Trinajstić information content (AvgIpc) is 3.23. The van der Waals surface area contributed by atoms with E-state index in [-0.39, 0.29) is 24.3 Å². The van der Waals surface area contributed by atoms with Crippen LogP contribution < -0.4 is 15.0 Å². The Hall–Kier alpha value is -3.35. The van der Waals surface area contributed by atoms with Gasteiger partial charge in [0.15, 0.2) is 0 Å². The van der Waals surface area contributed by atoms with Crippen LogP contribution in [0.25, 0.3) is 0 Å². The molecule has 4 rings (SSSR count). The number of aryl methyl sites for hydroxylation is 1. The summed E-state index contributed by atoms with van der Waals surface area (Å²) in [6.07, 6.45) is 1.41. The molecular formula is C24H27N3O4. The van der Waals surface area contributed by atoms with Crippen molar-refractivity contribution in [3.8, 4) is 5.75 Å². The largest absolute Gasteiger partial charge is 0.494 e. The number of ether oxygens (including phenoxy) is 1. The van der Waals surface area contributed by atoms with E-state index in [0.29, 0.717) is 37.4 Å². The first kappa shape index (κ1) is 20.9. The lowest BCUT2D eigenvalue weighted by Crippen LogP contribution is -2.48. The number of carbonyl (C=O) groups excluding carboxylic acids is 3. The number of nitrogens with zero attached hydrogens (tertiary/aromatic N) is 2. The van der Waals surface area contributed by atoms with Gasteiger partial charge < -0.3 is 19.9 Å². The van der Waals surface area contributed by atoms with Crippen LogP contribution in [0, 0.1) is 6.92 Å². The zero-order chi connectivity index (χ0) is 22.0. The highest BCUT2D eigenvalue weighted by Gasteiger charge is 2.42. The molecule has 0 radical (unpaired) electrons. The Morgan fingerprint density at radius 1 is 1.16 bits per heavy atom. The first-order chi connectivity index (χ1) is 15.0. The monoisotopic (exact) mass is 421 g/mol. The number of hydrogen-bond donors (Lipinski definition) is 1. The standard InChI is InChI=1S/C24H27N3O4/c1-3-31-20-12-5-4-9-17(20)14-25-21(28)15-27-22-16(2)8-6-10-18(22)23(29)26-13-7-11-19(26)24(27)30/h4-6,8-10,12,19H,3,7,11,13-15H2,1-2H3,(H,25,28). The van der Waals surface area contributed by atoms with E-state index in [2.05, 4.69) is 5.32 Å². The summed E-state index contributed by atoms with van der Waals surface area (Å²) in [4.78, 5) is 42.5. The number of anilines is 1. The van der Waals surface area contributed by atoms with E-state index < -0.39 is 6.04 Å². The molecule has 2 aromatic carbocycles. The molecule has 3 amide bonds. The quantitative estimate of drug-likeness (QED) is 0.778. The Morgan fingerprint density at radius 2 is 1.97 bits per heavy atom. The summed E-state index contributed by atoms with van der Waals surface area (Å²) in [7, 11) is 0. The molecule has 2 aliphatic heterocycles. The number of hydrogen-bond acceptors (Lipinski definition) is 4. The zero-order valence-electron chi connectivity index (χ0n) is 17.9. The first-order valence-corrected chi connectivity index (χ1v) is 10.7. The highest BCUT2D eigenvalue weighted by atomic mass is 16.5. The van der Waals surface area contributed by atoms with Gasteiger partial charge >= 0.3 is 0 Å². The van der Waals surface area contributed by atoms with Gasteiger partial charge in [-0.3, -0.25) is 14.4 Å². The van der Waals surface area contributed by atoms with E-state index in [4.69, 9.17) is 4.74 Å². The van der Waals surface area contributed by atoms with Crippen LogP contribution in [0.5, 0.6) is 5.75 Å². The molecule has 0 spiro atoms. The topological polar surface area (TPSA) is 79.0 Å². The second-order valence-electron chi connectivity index (χ2n) is 7.87. The van der Waals surface area contributed by atoms with Crippen molar-refractivity contribution in [2.45, 2.75) is 39.3 Å². The molecule has 0 aromatic heterocycles. The summed E-state index contributed by atoms with van der Waals surface area (Å²) < 4.78 is 5.62. The average molecular weight is 421 g/mol. The normalized spacial score (nSPS) is 17.8. The highest BCUT2D eigenvalue weighted by molar-refractivity contribution is 6.13. The number of carbonyl (C=O) groups is 3. The van der Waals surface area contributed by atoms with Crippen molar-refractivity contribution in [1.82, 2.24) is 10.2 Å². The molecule has 1 saturated heterocycles. The fourth-order valence-corrected chi connectivity index (χ4v) is 4.40. The summed E-state index contributed by atoms with van der Waals surface area (Å²) in [6, 6.07) is 12.4. The van der Waals surface area contributed by atoms with E-state index in [0.717, 1.165) is 23.3 Å². The fourth-order valence-electron chi connectivity index (χ4n) is 4.40. The smallest absolute Gasteiger partial charge is 0.256 e. The molecule has 162 valence electrons. The predicted molar refractivity (Wildman–Crippen MR) is 117 cm³/mol. The molecule has 1 N–H and O–H groups in total. The SMILES string of the molecule is CCOc1ccccc1CNC(=O)CN1C(=O)C2CCCN2C(=O)c2cccc(C)c21. The minimum atomic E-state index is -0.509. The van der Waals surface area contributed by atoms with Gasteiger partial charge in [0.05, 0.1) is 17.9 Å². The first-order valence-electron chi connectivity index (χ1n) is 10.7. The number of benzene rings is 2. The molecule has 0 saturated carbocycles. The van der Waals surface area contributed by atoms with Gasteiger partial charge in [-0.25, -0.2) is 0 Å². The molecule has 1 fully saturated rings. The van der Waals surface area contributed by atoms with Crippen molar-refractivity contribution >= 4 is 23.4 Å². The minimum Gasteiger partial charge on any atom is -0.494 e. The predicted octanol–water partition coefficient (Wildman–Crippen LogP) is 2.66. The van der Waals surface area contributed by atoms with E-state index >= 15 is 0 Å². The maximum absolute atomic E-state index is 13.4. The minimum absolute atomic E-state index is 0.134. The Balaban J connectivity index is 1.57. The van der Waals surface area contributed by atoms with Gasteiger partial charge in [0.1, 0.15) is 18.3 Å². The third kappa shape index (κ3) is 4.00. The van der Waals surface area contributed by atoms with Crippen LogP contribution in [0.2, 0.25) is 0 Å². The van der Waals surface area contributed by atoms with Gasteiger partial charge in [-0.05, 0) is 44.4 Å². The summed E-state index contributed by atoms with van der Waals surface area (Å²) >= 11 is 0. The molecule has 2 heterocycles. The van der Waals surface area contributed by atoms with Crippen molar-refractivity contribution < 1.29 is 19.1 Å². The number of nitrogens with one attached hydrogen (secondary N) is 1. The maximum atomic E-state index is 13.4. The van der Waals surface area contributed by atoms with E-state index in [1.54, 1.807) is 11.0 Å². The molecule has 1 atom stereocenters. The van der Waals surface area contributed by atoms with Crippen LogP contribution in [0.1, 0.15) is 41.3 Å². The van der Waals surface area contributed by atoms with Crippen LogP contribution in [-0.4, -0.2) is 48.4 Å². The van der Waals surface area contributed by atoms with Gasteiger partial charge in [-0.15, -0.1) is 0 Å². The molecule has 31 heavy (non-hydrogen) atoms. The van der Waals surface area contributed by atoms with Crippen LogP contribution in [0.4, 0.5) is 5.69 Å². The number of amides is 3. The third-order valence-corrected chi connectivity index (χ3v) is 5.85. The van der Waals surface area contributed by atoms with E-state index in [1.807, 2.05) is 50.2 Å². The Morgan fingerprint density at radius 3 is 2.77 bits per heavy atom. The van der Waals surface area contributed by atoms with Gasteiger partial charge in [0.25, 0.3) is 5.91 Å². The highest BCUT2D eigenvalue weighted by Crippen LogP contribution is 2.34. The van der Waals surface area contributed by atoms with Gasteiger partial charge in [0.2, 0.25) is 11.8 Å². The lowest BCUT2D eigenvalue weighted by atomic mass is 10.1. The van der Waals surface area contributed by atoms with Crippen molar-refractivity contribution in [2.75, 3.05) is 24.6 Å². The summed E-state index contributed by atoms with van der Waals surface area (Å²) in [5.74, 6) is 0.115. The molecule has 2 aromatic rings. The number of fused-ring (bicyclic) bond motifs is 2. The Bertz CT molecular complexity index is 1020. The molecule has 0 bridgehead atoms. The lowest BCUT2D eigenvalue weighted by Gasteiger charge is -2.26. The van der Waals surface area contributed by atoms with Crippen molar-refractivity contribution in [3.63, 3.8) is 0 Å². The Labute approximate surface area is 182 Å². The van der Waals surface area contributed by atoms with Crippen LogP contribution in [-0.2, 0) is 16.1 Å². The summed E-state index contributed by atoms with van der Waals surface area (Å²) in [6.45, 7) is 5.04. The van der Waals surface area contributed by atoms with Crippen molar-refractivity contribution in [1.29, 1.82) is 0 Å².